The van der Waals surface area contributed by atoms with Crippen LogP contribution in [-0.4, -0.2) is 23.8 Å². The van der Waals surface area contributed by atoms with Crippen molar-refractivity contribution in [3.05, 3.63) is 0 Å². The van der Waals surface area contributed by atoms with Gasteiger partial charge in [-0.3, -0.25) is 0 Å². The fourth-order valence-corrected chi connectivity index (χ4v) is 0.594. The van der Waals surface area contributed by atoms with Crippen molar-refractivity contribution in [3.63, 3.8) is 0 Å². The number of nitrogens with zero attached hydrogens (tertiary/aromatic N) is 1. The Morgan fingerprint density at radius 1 is 1.82 bits per heavy atom. The van der Waals surface area contributed by atoms with Crippen LogP contribution in [0.1, 0.15) is 19.8 Å². The van der Waals surface area contributed by atoms with Gasteiger partial charge in [0, 0.05) is 0 Å². The van der Waals surface area contributed by atoms with Gasteiger partial charge in [-0.15, -0.1) is 0 Å². The molecular formula is C7H11NO3. The van der Waals surface area contributed by atoms with E-state index in [1.54, 1.807) is 0 Å². The van der Waals surface area contributed by atoms with Crippen LogP contribution >= 0.6 is 0 Å². The van der Waals surface area contributed by atoms with Gasteiger partial charge in [0.05, 0.1) is 12.5 Å². The second-order valence-corrected chi connectivity index (χ2v) is 2.04. The third kappa shape index (κ3) is 4.34. The number of hydrogen-bond acceptors (Lipinski definition) is 4. The standard InChI is InChI=1S/C7H11NO3/c1-2-6(3-4-8)11-7(10)5-9/h6,9H,2-3,5H2,1H3/t6-/m1/s1. The van der Waals surface area contributed by atoms with Crippen LogP contribution in [0.5, 0.6) is 0 Å². The second kappa shape index (κ2) is 5.69. The number of carbonyl (C=O) groups is 1. The van der Waals surface area contributed by atoms with E-state index in [1.807, 2.05) is 13.0 Å². The van der Waals surface area contributed by atoms with E-state index in [-0.39, 0.29) is 12.5 Å². The number of esters is 1. The minimum absolute atomic E-state index is 0.183. The van der Waals surface area contributed by atoms with E-state index in [9.17, 15) is 4.79 Å². The van der Waals surface area contributed by atoms with Crippen molar-refractivity contribution in [2.24, 2.45) is 0 Å². The molecule has 0 aliphatic heterocycles. The Labute approximate surface area is 65.4 Å². The highest BCUT2D eigenvalue weighted by Gasteiger charge is 2.10. The molecular weight excluding hydrogens is 146 g/mol. The SMILES string of the molecule is CC[C@H](CC#N)OC(=O)CO. The average molecular weight is 157 g/mol. The molecule has 1 atom stereocenters. The zero-order valence-electron chi connectivity index (χ0n) is 6.41. The van der Waals surface area contributed by atoms with Crippen LogP contribution in [0.2, 0.25) is 0 Å². The van der Waals surface area contributed by atoms with Gasteiger partial charge in [-0.05, 0) is 6.42 Å². The highest BCUT2D eigenvalue weighted by atomic mass is 16.6. The van der Waals surface area contributed by atoms with E-state index in [0.29, 0.717) is 6.42 Å². The van der Waals surface area contributed by atoms with Gasteiger partial charge in [0.15, 0.2) is 0 Å². The summed E-state index contributed by atoms with van der Waals surface area (Å²) < 4.78 is 4.68. The summed E-state index contributed by atoms with van der Waals surface area (Å²) in [5, 5.41) is 16.5. The molecule has 0 aromatic rings. The average Bonchev–Trinajstić information content (AvgIpc) is 2.03. The van der Waals surface area contributed by atoms with E-state index in [0.717, 1.165) is 0 Å². The van der Waals surface area contributed by atoms with Crippen LogP contribution in [0.15, 0.2) is 0 Å². The smallest absolute Gasteiger partial charge is 0.332 e. The number of aliphatic hydroxyl groups excluding tert-OH is 1. The first-order chi connectivity index (χ1) is 5.24. The van der Waals surface area contributed by atoms with Gasteiger partial charge < -0.3 is 9.84 Å². The van der Waals surface area contributed by atoms with Crippen LogP contribution in [0.4, 0.5) is 0 Å². The minimum atomic E-state index is -0.674. The van der Waals surface area contributed by atoms with Gasteiger partial charge in [0.2, 0.25) is 0 Å². The lowest BCUT2D eigenvalue weighted by molar-refractivity contribution is -0.152. The predicted molar refractivity (Wildman–Crippen MR) is 37.5 cm³/mol. The van der Waals surface area contributed by atoms with E-state index in [1.165, 1.54) is 0 Å². The summed E-state index contributed by atoms with van der Waals surface area (Å²) in [7, 11) is 0. The molecule has 0 radical (unpaired) electrons. The van der Waals surface area contributed by atoms with Crippen LogP contribution < -0.4 is 0 Å². The molecule has 0 aromatic carbocycles. The summed E-state index contributed by atoms with van der Waals surface area (Å²) in [5.41, 5.74) is 0. The lowest BCUT2D eigenvalue weighted by Gasteiger charge is -2.10. The predicted octanol–water partition coefficient (Wildman–Crippen LogP) is 0.214. The summed E-state index contributed by atoms with van der Waals surface area (Å²) in [6.45, 7) is 1.19. The van der Waals surface area contributed by atoms with Crippen molar-refractivity contribution in [2.75, 3.05) is 6.61 Å². The number of nitriles is 1. The fourth-order valence-electron chi connectivity index (χ4n) is 0.594. The quantitative estimate of drug-likeness (QED) is 0.592. The summed E-state index contributed by atoms with van der Waals surface area (Å²) >= 11 is 0. The van der Waals surface area contributed by atoms with Gasteiger partial charge in [0.25, 0.3) is 0 Å². The Morgan fingerprint density at radius 3 is 2.82 bits per heavy atom. The van der Waals surface area contributed by atoms with Crippen molar-refractivity contribution >= 4 is 5.97 Å². The lowest BCUT2D eigenvalue weighted by atomic mass is 10.2. The highest BCUT2D eigenvalue weighted by molar-refractivity contribution is 5.70. The molecule has 0 aliphatic carbocycles. The number of aliphatic hydroxyl groups is 1. The summed E-state index contributed by atoms with van der Waals surface area (Å²) in [6.07, 6.45) is 0.404. The molecule has 1 N–H and O–H groups in total. The number of rotatable bonds is 4. The van der Waals surface area contributed by atoms with E-state index >= 15 is 0 Å². The highest BCUT2D eigenvalue weighted by Crippen LogP contribution is 2.02. The first-order valence-corrected chi connectivity index (χ1v) is 3.41. The molecule has 0 aliphatic rings. The van der Waals surface area contributed by atoms with Gasteiger partial charge in [-0.25, -0.2) is 4.79 Å². The molecule has 0 aromatic heterocycles. The Hall–Kier alpha value is -1.08. The maximum Gasteiger partial charge on any atom is 0.332 e. The van der Waals surface area contributed by atoms with E-state index in [4.69, 9.17) is 10.4 Å². The molecule has 0 heterocycles. The molecule has 0 rings (SSSR count). The third-order valence-corrected chi connectivity index (χ3v) is 1.20. The Morgan fingerprint density at radius 2 is 2.45 bits per heavy atom. The molecule has 0 spiro atoms. The Bertz CT molecular complexity index is 162. The van der Waals surface area contributed by atoms with Crippen LogP contribution in [0.25, 0.3) is 0 Å². The Balaban J connectivity index is 3.70. The summed E-state index contributed by atoms with van der Waals surface area (Å²) in [5.74, 6) is -0.674. The van der Waals surface area contributed by atoms with Gasteiger partial charge >= 0.3 is 5.97 Å². The molecule has 0 unspecified atom stereocenters. The maximum atomic E-state index is 10.5. The van der Waals surface area contributed by atoms with Crippen LogP contribution in [0.3, 0.4) is 0 Å². The monoisotopic (exact) mass is 157 g/mol. The minimum Gasteiger partial charge on any atom is -0.460 e. The van der Waals surface area contributed by atoms with Crippen molar-refractivity contribution in [3.8, 4) is 6.07 Å². The summed E-state index contributed by atoms with van der Waals surface area (Å²) in [6, 6.07) is 1.89. The molecule has 0 fully saturated rings. The van der Waals surface area contributed by atoms with Crippen LogP contribution in [-0.2, 0) is 9.53 Å². The third-order valence-electron chi connectivity index (χ3n) is 1.20. The van der Waals surface area contributed by atoms with Crippen molar-refractivity contribution in [1.82, 2.24) is 0 Å². The number of hydrogen-bond donors (Lipinski definition) is 1. The molecule has 0 bridgehead atoms. The second-order valence-electron chi connectivity index (χ2n) is 2.04. The van der Waals surface area contributed by atoms with E-state index < -0.39 is 12.6 Å². The van der Waals surface area contributed by atoms with Crippen molar-refractivity contribution in [2.45, 2.75) is 25.9 Å². The zero-order chi connectivity index (χ0) is 8.69. The summed E-state index contributed by atoms with van der Waals surface area (Å²) in [4.78, 5) is 10.5. The molecule has 11 heavy (non-hydrogen) atoms. The fraction of sp³-hybridized carbons (Fsp3) is 0.714. The van der Waals surface area contributed by atoms with Crippen molar-refractivity contribution < 1.29 is 14.6 Å². The van der Waals surface area contributed by atoms with Gasteiger partial charge in [-0.2, -0.15) is 5.26 Å². The number of carbonyl (C=O) groups excluding carboxylic acids is 1. The Kier molecular flexibility index (Phi) is 5.13. The topological polar surface area (TPSA) is 70.3 Å². The van der Waals surface area contributed by atoms with E-state index in [2.05, 4.69) is 4.74 Å². The molecule has 4 nitrogen and oxygen atoms in total. The molecule has 0 amide bonds. The molecule has 62 valence electrons. The zero-order valence-corrected chi connectivity index (χ0v) is 6.41. The molecule has 4 heteroatoms. The van der Waals surface area contributed by atoms with Gasteiger partial charge in [-0.1, -0.05) is 6.92 Å². The normalized spacial score (nSPS) is 11.7. The number of ether oxygens (including phenoxy) is 1. The lowest BCUT2D eigenvalue weighted by Crippen LogP contribution is -2.19. The van der Waals surface area contributed by atoms with Gasteiger partial charge in [0.1, 0.15) is 12.7 Å². The maximum absolute atomic E-state index is 10.5. The van der Waals surface area contributed by atoms with Crippen molar-refractivity contribution in [1.29, 1.82) is 5.26 Å². The molecule has 0 saturated heterocycles. The first kappa shape index (κ1) is 9.92. The first-order valence-electron chi connectivity index (χ1n) is 3.41. The molecule has 0 saturated carbocycles. The largest absolute Gasteiger partial charge is 0.460 e. The van der Waals surface area contributed by atoms with Crippen LogP contribution in [0, 0.1) is 11.3 Å².